The minimum absolute atomic E-state index is 0.0277. The van der Waals surface area contributed by atoms with Gasteiger partial charge in [0, 0.05) is 26.7 Å². The highest BCUT2D eigenvalue weighted by Gasteiger charge is 2.34. The molecule has 0 atom stereocenters. The first kappa shape index (κ1) is 17.2. The van der Waals surface area contributed by atoms with E-state index in [2.05, 4.69) is 26.1 Å². The van der Waals surface area contributed by atoms with Crippen molar-refractivity contribution in [3.63, 3.8) is 0 Å². The standard InChI is InChI=1S/C19H15BrClN3O2/c20-14-3-1-2-13(10-14)19(25)24(16-8-9-16)11-17-22-23-18(26-17)12-4-6-15(21)7-5-12/h1-7,10,16H,8-9,11H2. The van der Waals surface area contributed by atoms with E-state index in [1.807, 2.05) is 36.4 Å². The molecule has 0 saturated heterocycles. The predicted octanol–water partition coefficient (Wildman–Crippen LogP) is 4.96. The van der Waals surface area contributed by atoms with Crippen LogP contribution in [0.2, 0.25) is 5.02 Å². The summed E-state index contributed by atoms with van der Waals surface area (Å²) in [4.78, 5) is 14.7. The molecule has 1 heterocycles. The van der Waals surface area contributed by atoms with Gasteiger partial charge in [-0.3, -0.25) is 4.79 Å². The maximum Gasteiger partial charge on any atom is 0.254 e. The third kappa shape index (κ3) is 3.81. The topological polar surface area (TPSA) is 59.2 Å². The minimum Gasteiger partial charge on any atom is -0.419 e. The Morgan fingerprint density at radius 2 is 1.96 bits per heavy atom. The third-order valence-corrected chi connectivity index (χ3v) is 4.93. The van der Waals surface area contributed by atoms with Crippen LogP contribution in [0.1, 0.15) is 29.1 Å². The van der Waals surface area contributed by atoms with Gasteiger partial charge in [0.05, 0.1) is 6.54 Å². The van der Waals surface area contributed by atoms with Crippen LogP contribution in [0, 0.1) is 0 Å². The fourth-order valence-electron chi connectivity index (χ4n) is 2.71. The van der Waals surface area contributed by atoms with Crippen molar-refractivity contribution in [2.24, 2.45) is 0 Å². The van der Waals surface area contributed by atoms with Gasteiger partial charge >= 0.3 is 0 Å². The van der Waals surface area contributed by atoms with E-state index in [9.17, 15) is 4.79 Å². The molecule has 2 aromatic carbocycles. The van der Waals surface area contributed by atoms with Crippen LogP contribution in [0.4, 0.5) is 0 Å². The highest BCUT2D eigenvalue weighted by molar-refractivity contribution is 9.10. The molecule has 0 aliphatic heterocycles. The molecule has 0 spiro atoms. The van der Waals surface area contributed by atoms with E-state index in [1.165, 1.54) is 0 Å². The van der Waals surface area contributed by atoms with Gasteiger partial charge in [0.15, 0.2) is 0 Å². The molecule has 0 bridgehead atoms. The maximum absolute atomic E-state index is 12.9. The Bertz CT molecular complexity index is 938. The molecule has 7 heteroatoms. The van der Waals surface area contributed by atoms with Crippen molar-refractivity contribution < 1.29 is 9.21 Å². The summed E-state index contributed by atoms with van der Waals surface area (Å²) in [5, 5.41) is 8.84. The molecule has 1 saturated carbocycles. The van der Waals surface area contributed by atoms with Crippen molar-refractivity contribution in [2.75, 3.05) is 0 Å². The summed E-state index contributed by atoms with van der Waals surface area (Å²) in [5.74, 6) is 0.813. The van der Waals surface area contributed by atoms with E-state index < -0.39 is 0 Å². The van der Waals surface area contributed by atoms with E-state index in [4.69, 9.17) is 16.0 Å². The Morgan fingerprint density at radius 1 is 1.19 bits per heavy atom. The number of carbonyl (C=O) groups excluding carboxylic acids is 1. The average molecular weight is 433 g/mol. The molecule has 1 aliphatic carbocycles. The zero-order valence-electron chi connectivity index (χ0n) is 13.7. The highest BCUT2D eigenvalue weighted by Crippen LogP contribution is 2.30. The molecule has 0 N–H and O–H groups in total. The lowest BCUT2D eigenvalue weighted by Gasteiger charge is -2.20. The smallest absolute Gasteiger partial charge is 0.254 e. The Balaban J connectivity index is 1.54. The molecular formula is C19H15BrClN3O2. The van der Waals surface area contributed by atoms with Crippen molar-refractivity contribution in [2.45, 2.75) is 25.4 Å². The van der Waals surface area contributed by atoms with Crippen molar-refractivity contribution in [3.05, 3.63) is 69.5 Å². The Hall–Kier alpha value is -2.18. The maximum atomic E-state index is 12.9. The number of amides is 1. The van der Waals surface area contributed by atoms with Crippen LogP contribution >= 0.6 is 27.5 Å². The van der Waals surface area contributed by atoms with E-state index >= 15 is 0 Å². The van der Waals surface area contributed by atoms with Gasteiger partial charge in [-0.25, -0.2) is 0 Å². The van der Waals surface area contributed by atoms with E-state index in [1.54, 1.807) is 17.0 Å². The number of aromatic nitrogens is 2. The average Bonchev–Trinajstić information content (AvgIpc) is 3.38. The zero-order chi connectivity index (χ0) is 18.1. The lowest BCUT2D eigenvalue weighted by molar-refractivity contribution is 0.0714. The summed E-state index contributed by atoms with van der Waals surface area (Å²) in [5.41, 5.74) is 1.44. The molecule has 1 amide bonds. The summed E-state index contributed by atoms with van der Waals surface area (Å²) < 4.78 is 6.64. The molecule has 26 heavy (non-hydrogen) atoms. The number of carbonyl (C=O) groups is 1. The predicted molar refractivity (Wildman–Crippen MR) is 102 cm³/mol. The number of benzene rings is 2. The van der Waals surface area contributed by atoms with Crippen molar-refractivity contribution in [1.29, 1.82) is 0 Å². The van der Waals surface area contributed by atoms with E-state index in [-0.39, 0.29) is 11.9 Å². The second kappa shape index (κ2) is 7.21. The molecule has 0 radical (unpaired) electrons. The van der Waals surface area contributed by atoms with E-state index in [0.29, 0.717) is 28.9 Å². The monoisotopic (exact) mass is 431 g/mol. The Kier molecular flexibility index (Phi) is 4.78. The summed E-state index contributed by atoms with van der Waals surface area (Å²) in [6.07, 6.45) is 2.00. The molecule has 1 aromatic heterocycles. The summed E-state index contributed by atoms with van der Waals surface area (Å²) in [6, 6.07) is 14.8. The van der Waals surface area contributed by atoms with Crippen LogP contribution in [0.3, 0.4) is 0 Å². The lowest BCUT2D eigenvalue weighted by Crippen LogP contribution is -2.32. The van der Waals surface area contributed by atoms with Gasteiger partial charge in [-0.15, -0.1) is 10.2 Å². The highest BCUT2D eigenvalue weighted by atomic mass is 79.9. The number of hydrogen-bond donors (Lipinski definition) is 0. The fourth-order valence-corrected chi connectivity index (χ4v) is 3.24. The van der Waals surface area contributed by atoms with Gasteiger partial charge in [0.1, 0.15) is 0 Å². The van der Waals surface area contributed by atoms with Crippen LogP contribution in [-0.2, 0) is 6.54 Å². The largest absolute Gasteiger partial charge is 0.419 e. The van der Waals surface area contributed by atoms with Crippen LogP contribution in [0.25, 0.3) is 11.5 Å². The van der Waals surface area contributed by atoms with E-state index in [0.717, 1.165) is 22.9 Å². The zero-order valence-corrected chi connectivity index (χ0v) is 16.1. The molecule has 0 unspecified atom stereocenters. The third-order valence-electron chi connectivity index (χ3n) is 4.18. The molecule has 1 aliphatic rings. The number of rotatable bonds is 5. The molecule has 132 valence electrons. The van der Waals surface area contributed by atoms with Gasteiger partial charge in [-0.1, -0.05) is 33.6 Å². The molecular weight excluding hydrogens is 418 g/mol. The molecule has 3 aromatic rings. The molecule has 1 fully saturated rings. The van der Waals surface area contributed by atoms with Crippen LogP contribution < -0.4 is 0 Å². The normalized spacial score (nSPS) is 13.6. The van der Waals surface area contributed by atoms with Gasteiger partial charge in [-0.2, -0.15) is 0 Å². The van der Waals surface area contributed by atoms with Crippen LogP contribution in [-0.4, -0.2) is 27.0 Å². The van der Waals surface area contributed by atoms with Gasteiger partial charge in [0.2, 0.25) is 11.8 Å². The second-order valence-electron chi connectivity index (χ2n) is 6.18. The quantitative estimate of drug-likeness (QED) is 0.572. The van der Waals surface area contributed by atoms with Crippen molar-refractivity contribution >= 4 is 33.4 Å². The van der Waals surface area contributed by atoms with Gasteiger partial charge in [-0.05, 0) is 55.3 Å². The Morgan fingerprint density at radius 3 is 2.65 bits per heavy atom. The Labute approximate surface area is 164 Å². The lowest BCUT2D eigenvalue weighted by atomic mass is 10.2. The minimum atomic E-state index is -0.0277. The second-order valence-corrected chi connectivity index (χ2v) is 7.53. The first-order valence-electron chi connectivity index (χ1n) is 8.25. The van der Waals surface area contributed by atoms with Crippen LogP contribution in [0.15, 0.2) is 57.4 Å². The molecule has 5 nitrogen and oxygen atoms in total. The summed E-state index contributed by atoms with van der Waals surface area (Å²) in [7, 11) is 0. The first-order chi connectivity index (χ1) is 12.6. The SMILES string of the molecule is O=C(c1cccc(Br)c1)N(Cc1nnc(-c2ccc(Cl)cc2)o1)C1CC1. The summed E-state index contributed by atoms with van der Waals surface area (Å²) >= 11 is 9.32. The summed E-state index contributed by atoms with van der Waals surface area (Å²) in [6.45, 7) is 0.302. The first-order valence-corrected chi connectivity index (χ1v) is 9.42. The van der Waals surface area contributed by atoms with Crippen molar-refractivity contribution in [3.8, 4) is 11.5 Å². The number of hydrogen-bond acceptors (Lipinski definition) is 4. The fraction of sp³-hybridized carbons (Fsp3) is 0.211. The van der Waals surface area contributed by atoms with Crippen molar-refractivity contribution in [1.82, 2.24) is 15.1 Å². The number of halogens is 2. The van der Waals surface area contributed by atoms with Gasteiger partial charge < -0.3 is 9.32 Å². The van der Waals surface area contributed by atoms with Crippen LogP contribution in [0.5, 0.6) is 0 Å². The molecule has 4 rings (SSSR count). The van der Waals surface area contributed by atoms with Gasteiger partial charge in [0.25, 0.3) is 5.91 Å². The number of nitrogens with zero attached hydrogens (tertiary/aromatic N) is 3.